The molecule has 0 fully saturated rings. The molecule has 0 aliphatic carbocycles. The fourth-order valence-corrected chi connectivity index (χ4v) is 3.63. The number of rotatable bonds is 8. The number of thiophene rings is 1. The van der Waals surface area contributed by atoms with Gasteiger partial charge in [0.25, 0.3) is 11.8 Å². The molecule has 166 valence electrons. The van der Waals surface area contributed by atoms with E-state index in [4.69, 9.17) is 11.6 Å². The Morgan fingerprint density at radius 1 is 1.00 bits per heavy atom. The number of benzene rings is 2. The van der Waals surface area contributed by atoms with E-state index in [0.29, 0.717) is 26.8 Å². The molecule has 1 heterocycles. The average Bonchev–Trinajstić information content (AvgIpc) is 3.33. The lowest BCUT2D eigenvalue weighted by Crippen LogP contribution is -2.23. The van der Waals surface area contributed by atoms with Crippen molar-refractivity contribution in [3.05, 3.63) is 81.0 Å². The molecule has 3 N–H and O–H groups in total. The van der Waals surface area contributed by atoms with Crippen LogP contribution in [0, 0.1) is 5.92 Å². The van der Waals surface area contributed by atoms with Crippen LogP contribution in [0.4, 0.5) is 11.4 Å². The lowest BCUT2D eigenvalue weighted by molar-refractivity contribution is -0.119. The van der Waals surface area contributed by atoms with Gasteiger partial charge in [-0.1, -0.05) is 43.6 Å². The van der Waals surface area contributed by atoms with Crippen molar-refractivity contribution in [3.63, 3.8) is 0 Å². The van der Waals surface area contributed by atoms with Crippen molar-refractivity contribution in [2.75, 3.05) is 10.6 Å². The molecule has 3 aromatic rings. The summed E-state index contributed by atoms with van der Waals surface area (Å²) < 4.78 is 0. The Balaban J connectivity index is 1.63. The second kappa shape index (κ2) is 10.9. The predicted octanol–water partition coefficient (Wildman–Crippen LogP) is 5.57. The highest BCUT2D eigenvalue weighted by atomic mass is 35.5. The molecule has 3 rings (SSSR count). The molecule has 0 saturated heterocycles. The quantitative estimate of drug-likeness (QED) is 0.403. The standard InChI is InChI=1S/C24H24ClN3O3S/c1-3-15(2)22(29)27-18-7-4-6-16(12-18)14-26-23(30)17-9-10-19(25)20(13-17)28-24(31)21-8-5-11-32-21/h4-13,15H,3,14H2,1-2H3,(H,26,30)(H,27,29)(H,28,31). The third-order valence-electron chi connectivity index (χ3n) is 4.93. The summed E-state index contributed by atoms with van der Waals surface area (Å²) in [4.78, 5) is 37.6. The Kier molecular flexibility index (Phi) is 8.03. The molecular formula is C24H24ClN3O3S. The summed E-state index contributed by atoms with van der Waals surface area (Å²) in [5, 5.41) is 10.6. The first-order chi connectivity index (χ1) is 15.4. The maximum Gasteiger partial charge on any atom is 0.265 e. The SMILES string of the molecule is CCC(C)C(=O)Nc1cccc(CNC(=O)c2ccc(Cl)c(NC(=O)c3cccs3)c2)c1. The molecule has 0 aliphatic heterocycles. The minimum atomic E-state index is -0.303. The molecule has 0 aliphatic rings. The van der Waals surface area contributed by atoms with E-state index in [1.54, 1.807) is 30.3 Å². The zero-order chi connectivity index (χ0) is 23.1. The maximum atomic E-state index is 12.7. The first-order valence-electron chi connectivity index (χ1n) is 10.2. The van der Waals surface area contributed by atoms with E-state index in [-0.39, 0.29) is 30.2 Å². The molecule has 0 bridgehead atoms. The minimum Gasteiger partial charge on any atom is -0.348 e. The van der Waals surface area contributed by atoms with E-state index >= 15 is 0 Å². The van der Waals surface area contributed by atoms with Gasteiger partial charge < -0.3 is 16.0 Å². The highest BCUT2D eigenvalue weighted by Crippen LogP contribution is 2.24. The summed E-state index contributed by atoms with van der Waals surface area (Å²) in [6.07, 6.45) is 0.762. The Bertz CT molecular complexity index is 1120. The Hall–Kier alpha value is -3.16. The van der Waals surface area contributed by atoms with Crippen LogP contribution in [0.5, 0.6) is 0 Å². The topological polar surface area (TPSA) is 87.3 Å². The first kappa shape index (κ1) is 23.5. The van der Waals surface area contributed by atoms with Gasteiger partial charge in [0.1, 0.15) is 0 Å². The number of carbonyl (C=O) groups is 3. The minimum absolute atomic E-state index is 0.0352. The highest BCUT2D eigenvalue weighted by Gasteiger charge is 2.14. The van der Waals surface area contributed by atoms with Crippen LogP contribution in [-0.4, -0.2) is 17.7 Å². The normalized spacial score (nSPS) is 11.5. The molecule has 1 atom stereocenters. The second-order valence-electron chi connectivity index (χ2n) is 7.31. The molecule has 0 spiro atoms. The van der Waals surface area contributed by atoms with Gasteiger partial charge in [0, 0.05) is 23.7 Å². The van der Waals surface area contributed by atoms with Crippen molar-refractivity contribution in [1.29, 1.82) is 0 Å². The van der Waals surface area contributed by atoms with E-state index in [1.165, 1.54) is 11.3 Å². The lowest BCUT2D eigenvalue weighted by Gasteiger charge is -2.12. The zero-order valence-corrected chi connectivity index (χ0v) is 19.3. The van der Waals surface area contributed by atoms with Gasteiger partial charge in [-0.25, -0.2) is 0 Å². The lowest BCUT2D eigenvalue weighted by atomic mass is 10.1. The molecular weight excluding hydrogens is 446 g/mol. The van der Waals surface area contributed by atoms with Crippen molar-refractivity contribution < 1.29 is 14.4 Å². The van der Waals surface area contributed by atoms with Crippen LogP contribution in [0.1, 0.15) is 45.9 Å². The summed E-state index contributed by atoms with van der Waals surface area (Å²) in [5.74, 6) is -0.692. The number of hydrogen-bond acceptors (Lipinski definition) is 4. The number of anilines is 2. The Morgan fingerprint density at radius 3 is 2.53 bits per heavy atom. The zero-order valence-electron chi connectivity index (χ0n) is 17.8. The number of halogens is 1. The van der Waals surface area contributed by atoms with E-state index in [9.17, 15) is 14.4 Å². The summed E-state index contributed by atoms with van der Waals surface area (Å²) in [6, 6.07) is 15.6. The number of amides is 3. The average molecular weight is 470 g/mol. The number of hydrogen-bond donors (Lipinski definition) is 3. The van der Waals surface area contributed by atoms with Crippen LogP contribution >= 0.6 is 22.9 Å². The fourth-order valence-electron chi connectivity index (χ4n) is 2.85. The molecule has 8 heteroatoms. The summed E-state index contributed by atoms with van der Waals surface area (Å²) in [7, 11) is 0. The van der Waals surface area contributed by atoms with Gasteiger partial charge >= 0.3 is 0 Å². The van der Waals surface area contributed by atoms with Gasteiger partial charge in [-0.15, -0.1) is 11.3 Å². The molecule has 2 aromatic carbocycles. The van der Waals surface area contributed by atoms with Gasteiger partial charge in [-0.05, 0) is 53.8 Å². The van der Waals surface area contributed by atoms with Gasteiger partial charge in [0.2, 0.25) is 5.91 Å². The maximum absolute atomic E-state index is 12.7. The number of carbonyl (C=O) groups excluding carboxylic acids is 3. The van der Waals surface area contributed by atoms with Gasteiger partial charge in [0.05, 0.1) is 15.6 Å². The molecule has 0 radical (unpaired) electrons. The van der Waals surface area contributed by atoms with Crippen LogP contribution in [0.15, 0.2) is 60.0 Å². The van der Waals surface area contributed by atoms with Crippen LogP contribution in [0.3, 0.4) is 0 Å². The monoisotopic (exact) mass is 469 g/mol. The van der Waals surface area contributed by atoms with Crippen molar-refractivity contribution in [2.45, 2.75) is 26.8 Å². The van der Waals surface area contributed by atoms with Gasteiger partial charge in [0.15, 0.2) is 0 Å². The van der Waals surface area contributed by atoms with E-state index in [2.05, 4.69) is 16.0 Å². The van der Waals surface area contributed by atoms with Gasteiger partial charge in [-0.3, -0.25) is 14.4 Å². The van der Waals surface area contributed by atoms with Crippen LogP contribution in [0.2, 0.25) is 5.02 Å². The van der Waals surface area contributed by atoms with E-state index in [0.717, 1.165) is 12.0 Å². The molecule has 3 amide bonds. The number of nitrogens with one attached hydrogen (secondary N) is 3. The largest absolute Gasteiger partial charge is 0.348 e. The second-order valence-corrected chi connectivity index (χ2v) is 8.66. The van der Waals surface area contributed by atoms with Gasteiger partial charge in [-0.2, -0.15) is 0 Å². The van der Waals surface area contributed by atoms with E-state index in [1.807, 2.05) is 43.5 Å². The van der Waals surface area contributed by atoms with Crippen LogP contribution in [0.25, 0.3) is 0 Å². The third-order valence-corrected chi connectivity index (χ3v) is 6.13. The highest BCUT2D eigenvalue weighted by molar-refractivity contribution is 7.12. The van der Waals surface area contributed by atoms with Crippen LogP contribution < -0.4 is 16.0 Å². The smallest absolute Gasteiger partial charge is 0.265 e. The van der Waals surface area contributed by atoms with Crippen molar-refractivity contribution in [3.8, 4) is 0 Å². The van der Waals surface area contributed by atoms with Crippen LogP contribution in [-0.2, 0) is 11.3 Å². The fraction of sp³-hybridized carbons (Fsp3) is 0.208. The third kappa shape index (κ3) is 6.18. The van der Waals surface area contributed by atoms with Crippen molar-refractivity contribution in [1.82, 2.24) is 5.32 Å². The first-order valence-corrected chi connectivity index (χ1v) is 11.5. The molecule has 0 saturated carbocycles. The summed E-state index contributed by atoms with van der Waals surface area (Å²) >= 11 is 7.51. The Labute approximate surface area is 196 Å². The Morgan fingerprint density at radius 2 is 1.81 bits per heavy atom. The van der Waals surface area contributed by atoms with Crippen molar-refractivity contribution >= 4 is 52.0 Å². The predicted molar refractivity (Wildman–Crippen MR) is 129 cm³/mol. The summed E-state index contributed by atoms with van der Waals surface area (Å²) in [6.45, 7) is 4.13. The van der Waals surface area contributed by atoms with E-state index < -0.39 is 0 Å². The summed E-state index contributed by atoms with van der Waals surface area (Å²) in [5.41, 5.74) is 2.28. The molecule has 6 nitrogen and oxygen atoms in total. The molecule has 32 heavy (non-hydrogen) atoms. The molecule has 1 unspecified atom stereocenters. The molecule has 1 aromatic heterocycles. The van der Waals surface area contributed by atoms with Crippen molar-refractivity contribution in [2.24, 2.45) is 5.92 Å².